The summed E-state index contributed by atoms with van der Waals surface area (Å²) in [6.07, 6.45) is 6.40. The molecule has 3 heterocycles. The summed E-state index contributed by atoms with van der Waals surface area (Å²) in [7, 11) is 1.85. The highest BCUT2D eigenvalue weighted by Crippen LogP contribution is 2.45. The summed E-state index contributed by atoms with van der Waals surface area (Å²) >= 11 is 0. The molecule has 0 radical (unpaired) electrons. The molecule has 0 amide bonds. The van der Waals surface area contributed by atoms with Crippen LogP contribution >= 0.6 is 0 Å². The molecular formula is C23H31N3O. The molecule has 0 bridgehead atoms. The molecule has 0 unspecified atom stereocenters. The van der Waals surface area contributed by atoms with Crippen molar-refractivity contribution in [2.45, 2.75) is 25.9 Å². The van der Waals surface area contributed by atoms with E-state index in [1.807, 2.05) is 25.6 Å². The summed E-state index contributed by atoms with van der Waals surface area (Å²) in [5.41, 5.74) is 3.14. The van der Waals surface area contributed by atoms with Crippen molar-refractivity contribution < 1.29 is 4.74 Å². The lowest BCUT2D eigenvalue weighted by molar-refractivity contribution is 0.0350. The monoisotopic (exact) mass is 365 g/mol. The molecule has 2 aliphatic rings. The number of pyridine rings is 1. The van der Waals surface area contributed by atoms with Crippen molar-refractivity contribution in [2.24, 2.45) is 11.3 Å². The highest BCUT2D eigenvalue weighted by atomic mass is 16.5. The predicted molar refractivity (Wildman–Crippen MR) is 108 cm³/mol. The number of ether oxygens (including phenoxy) is 1. The van der Waals surface area contributed by atoms with Gasteiger partial charge >= 0.3 is 0 Å². The Labute approximate surface area is 163 Å². The molecule has 2 fully saturated rings. The third-order valence-electron chi connectivity index (χ3n) is 6.48. The fourth-order valence-electron chi connectivity index (χ4n) is 5.01. The minimum Gasteiger partial charge on any atom is -0.384 e. The Bertz CT molecular complexity index is 698. The molecule has 27 heavy (non-hydrogen) atoms. The minimum absolute atomic E-state index is 0.408. The lowest BCUT2D eigenvalue weighted by Crippen LogP contribution is -2.44. The third kappa shape index (κ3) is 4.40. The Kier molecular flexibility index (Phi) is 5.86. The molecule has 2 saturated heterocycles. The van der Waals surface area contributed by atoms with Crippen LogP contribution in [0.25, 0.3) is 0 Å². The van der Waals surface area contributed by atoms with Gasteiger partial charge in [-0.05, 0) is 48.5 Å². The van der Waals surface area contributed by atoms with Crippen molar-refractivity contribution in [1.29, 1.82) is 0 Å². The molecule has 2 aliphatic heterocycles. The molecule has 0 N–H and O–H groups in total. The van der Waals surface area contributed by atoms with Crippen molar-refractivity contribution in [3.05, 3.63) is 66.0 Å². The maximum absolute atomic E-state index is 5.62. The smallest absolute Gasteiger partial charge is 0.0508 e. The number of nitrogens with zero attached hydrogens (tertiary/aromatic N) is 3. The topological polar surface area (TPSA) is 28.6 Å². The Morgan fingerprint density at radius 1 is 1.00 bits per heavy atom. The normalized spacial score (nSPS) is 23.1. The van der Waals surface area contributed by atoms with Gasteiger partial charge in [-0.15, -0.1) is 0 Å². The molecule has 4 nitrogen and oxygen atoms in total. The van der Waals surface area contributed by atoms with E-state index in [9.17, 15) is 0 Å². The number of methoxy groups -OCH3 is 1. The number of aromatic nitrogens is 1. The van der Waals surface area contributed by atoms with E-state index in [0.29, 0.717) is 11.3 Å². The molecule has 4 heteroatoms. The third-order valence-corrected chi connectivity index (χ3v) is 6.48. The van der Waals surface area contributed by atoms with Crippen molar-refractivity contribution in [3.63, 3.8) is 0 Å². The average Bonchev–Trinajstić information content (AvgIpc) is 3.02. The summed E-state index contributed by atoms with van der Waals surface area (Å²) < 4.78 is 5.62. The fourth-order valence-corrected chi connectivity index (χ4v) is 5.01. The second-order valence-corrected chi connectivity index (χ2v) is 8.31. The van der Waals surface area contributed by atoms with Crippen LogP contribution in [0, 0.1) is 11.3 Å². The van der Waals surface area contributed by atoms with Crippen molar-refractivity contribution in [3.8, 4) is 0 Å². The number of piperidine rings is 1. The number of benzene rings is 1. The lowest BCUT2D eigenvalue weighted by Gasteiger charge is -2.42. The zero-order valence-electron chi connectivity index (χ0n) is 16.4. The Morgan fingerprint density at radius 3 is 2.44 bits per heavy atom. The van der Waals surface area contributed by atoms with Crippen LogP contribution in [-0.4, -0.2) is 54.7 Å². The van der Waals surface area contributed by atoms with Crippen LogP contribution in [0.5, 0.6) is 0 Å². The zero-order chi connectivity index (χ0) is 18.5. The van der Waals surface area contributed by atoms with Gasteiger partial charge in [-0.3, -0.25) is 14.8 Å². The number of hydrogen-bond donors (Lipinski definition) is 0. The van der Waals surface area contributed by atoms with E-state index in [-0.39, 0.29) is 0 Å². The van der Waals surface area contributed by atoms with Crippen LogP contribution in [0.1, 0.15) is 24.0 Å². The Hall–Kier alpha value is -1.75. The van der Waals surface area contributed by atoms with Gasteiger partial charge in [0.05, 0.1) is 6.61 Å². The fraction of sp³-hybridized carbons (Fsp3) is 0.522. The van der Waals surface area contributed by atoms with Crippen LogP contribution in [-0.2, 0) is 17.8 Å². The summed E-state index contributed by atoms with van der Waals surface area (Å²) in [5, 5.41) is 0. The quantitative estimate of drug-likeness (QED) is 0.784. The second kappa shape index (κ2) is 8.51. The average molecular weight is 366 g/mol. The van der Waals surface area contributed by atoms with Gasteiger partial charge < -0.3 is 4.74 Å². The molecule has 1 aromatic carbocycles. The second-order valence-electron chi connectivity index (χ2n) is 8.31. The highest BCUT2D eigenvalue weighted by molar-refractivity contribution is 5.15. The molecule has 0 aliphatic carbocycles. The number of hydrogen-bond acceptors (Lipinski definition) is 4. The minimum atomic E-state index is 0.408. The molecule has 2 aromatic rings. The Morgan fingerprint density at radius 2 is 1.74 bits per heavy atom. The largest absolute Gasteiger partial charge is 0.384 e. The molecular weight excluding hydrogens is 334 g/mol. The summed E-state index contributed by atoms with van der Waals surface area (Å²) in [6, 6.07) is 15.1. The van der Waals surface area contributed by atoms with Gasteiger partial charge in [0.25, 0.3) is 0 Å². The van der Waals surface area contributed by atoms with Crippen LogP contribution in [0.2, 0.25) is 0 Å². The highest BCUT2D eigenvalue weighted by Gasteiger charge is 2.47. The van der Waals surface area contributed by atoms with E-state index < -0.39 is 0 Å². The van der Waals surface area contributed by atoms with Gasteiger partial charge in [0.1, 0.15) is 0 Å². The Balaban J connectivity index is 1.38. The van der Waals surface area contributed by atoms with Crippen molar-refractivity contribution in [2.75, 3.05) is 39.9 Å². The first-order valence-corrected chi connectivity index (χ1v) is 10.1. The summed E-state index contributed by atoms with van der Waals surface area (Å²) in [4.78, 5) is 9.52. The lowest BCUT2D eigenvalue weighted by atomic mass is 9.71. The molecule has 1 spiro atoms. The van der Waals surface area contributed by atoms with Gasteiger partial charge in [-0.1, -0.05) is 36.4 Å². The number of likely N-dealkylation sites (tertiary alicyclic amines) is 2. The standard InChI is InChI=1S/C23H31N3O/c1-27-18-22-17-26(16-21-8-5-11-24-14-21)19-23(22)9-12-25(13-10-23)15-20-6-3-2-4-7-20/h2-8,11,14,22H,9-10,12-13,15-19H2,1H3/t22-/m0/s1. The first-order chi connectivity index (χ1) is 13.3. The van der Waals surface area contributed by atoms with E-state index in [0.717, 1.165) is 26.2 Å². The van der Waals surface area contributed by atoms with E-state index in [2.05, 4.69) is 51.2 Å². The molecule has 144 valence electrons. The van der Waals surface area contributed by atoms with Gasteiger partial charge in [-0.2, -0.15) is 0 Å². The van der Waals surface area contributed by atoms with Crippen LogP contribution in [0.15, 0.2) is 54.9 Å². The molecule has 1 atom stereocenters. The predicted octanol–water partition coefficient (Wildman–Crippen LogP) is 3.44. The van der Waals surface area contributed by atoms with Gasteiger partial charge in [0.2, 0.25) is 0 Å². The SMILES string of the molecule is COC[C@@H]1CN(Cc2cccnc2)CC12CCN(Cc1ccccc1)CC2. The zero-order valence-corrected chi connectivity index (χ0v) is 16.4. The maximum atomic E-state index is 5.62. The van der Waals surface area contributed by atoms with Gasteiger partial charge in [-0.25, -0.2) is 0 Å². The molecule has 0 saturated carbocycles. The first kappa shape index (κ1) is 18.6. The summed E-state index contributed by atoms with van der Waals surface area (Å²) in [6.45, 7) is 7.67. The van der Waals surface area contributed by atoms with E-state index in [1.54, 1.807) is 0 Å². The first-order valence-electron chi connectivity index (χ1n) is 10.1. The summed E-state index contributed by atoms with van der Waals surface area (Å²) in [5.74, 6) is 0.637. The van der Waals surface area contributed by atoms with Gasteiger partial charge in [0, 0.05) is 51.6 Å². The van der Waals surface area contributed by atoms with Crippen LogP contribution < -0.4 is 0 Å². The van der Waals surface area contributed by atoms with Crippen LogP contribution in [0.3, 0.4) is 0 Å². The van der Waals surface area contributed by atoms with E-state index >= 15 is 0 Å². The van der Waals surface area contributed by atoms with Crippen molar-refractivity contribution >= 4 is 0 Å². The van der Waals surface area contributed by atoms with Crippen molar-refractivity contribution in [1.82, 2.24) is 14.8 Å². The van der Waals surface area contributed by atoms with E-state index in [4.69, 9.17) is 4.74 Å². The van der Waals surface area contributed by atoms with E-state index in [1.165, 1.54) is 43.6 Å². The van der Waals surface area contributed by atoms with Crippen LogP contribution in [0.4, 0.5) is 0 Å². The molecule has 4 rings (SSSR count). The van der Waals surface area contributed by atoms with Gasteiger partial charge in [0.15, 0.2) is 0 Å². The maximum Gasteiger partial charge on any atom is 0.0508 e. The molecule has 1 aromatic heterocycles. The number of rotatable bonds is 6.